The van der Waals surface area contributed by atoms with Crippen molar-refractivity contribution in [3.8, 4) is 5.75 Å². The first-order valence-corrected chi connectivity index (χ1v) is 9.39. The molecule has 0 radical (unpaired) electrons. The molecule has 0 atom stereocenters. The van der Waals surface area contributed by atoms with Crippen molar-refractivity contribution in [2.75, 3.05) is 0 Å². The van der Waals surface area contributed by atoms with Crippen LogP contribution in [0.5, 0.6) is 5.75 Å². The molecule has 0 saturated carbocycles. The van der Waals surface area contributed by atoms with Crippen LogP contribution in [0.3, 0.4) is 0 Å². The SMILES string of the molecule is Cc1cc(C(=O)/C=C/c2ccc(COc3ccc(Br)cc3)o2)c(C)s1. The van der Waals surface area contributed by atoms with Crippen LogP contribution in [0.4, 0.5) is 0 Å². The Bertz CT molecular complexity index is 903. The molecule has 0 aliphatic heterocycles. The monoisotopic (exact) mass is 416 g/mol. The van der Waals surface area contributed by atoms with E-state index in [0.717, 1.165) is 25.5 Å². The molecule has 1 aromatic carbocycles. The van der Waals surface area contributed by atoms with Crippen LogP contribution in [-0.4, -0.2) is 5.78 Å². The van der Waals surface area contributed by atoms with Crippen LogP contribution in [0.1, 0.15) is 31.6 Å². The van der Waals surface area contributed by atoms with Crippen molar-refractivity contribution in [1.82, 2.24) is 0 Å². The summed E-state index contributed by atoms with van der Waals surface area (Å²) in [5.41, 5.74) is 0.754. The molecule has 3 rings (SSSR count). The van der Waals surface area contributed by atoms with Crippen molar-refractivity contribution in [3.63, 3.8) is 0 Å². The van der Waals surface area contributed by atoms with Gasteiger partial charge < -0.3 is 9.15 Å². The molecule has 0 spiro atoms. The number of furan rings is 1. The lowest BCUT2D eigenvalue weighted by Gasteiger charge is -2.03. The van der Waals surface area contributed by atoms with Gasteiger partial charge in [-0.05, 0) is 68.5 Å². The number of carbonyl (C=O) groups is 1. The van der Waals surface area contributed by atoms with Crippen molar-refractivity contribution in [2.24, 2.45) is 0 Å². The predicted molar refractivity (Wildman–Crippen MR) is 104 cm³/mol. The number of carbonyl (C=O) groups excluding carboxylic acids is 1. The van der Waals surface area contributed by atoms with Crippen LogP contribution in [0.2, 0.25) is 0 Å². The molecule has 2 aromatic heterocycles. The van der Waals surface area contributed by atoms with Gasteiger partial charge in [0.15, 0.2) is 5.78 Å². The zero-order chi connectivity index (χ0) is 17.8. The largest absolute Gasteiger partial charge is 0.486 e. The standard InChI is InChI=1S/C20H17BrO3S/c1-13-11-19(14(2)25-13)20(22)10-9-17-7-8-18(24-17)12-23-16-5-3-15(21)4-6-16/h3-11H,12H2,1-2H3/b10-9+. The van der Waals surface area contributed by atoms with E-state index >= 15 is 0 Å². The molecule has 0 fully saturated rings. The first-order chi connectivity index (χ1) is 12.0. The van der Waals surface area contributed by atoms with Gasteiger partial charge in [-0.15, -0.1) is 11.3 Å². The Balaban J connectivity index is 1.60. The number of aryl methyl sites for hydroxylation is 2. The fraction of sp³-hybridized carbons (Fsp3) is 0.150. The molecular formula is C20H17BrO3S. The smallest absolute Gasteiger partial charge is 0.187 e. The summed E-state index contributed by atoms with van der Waals surface area (Å²) in [6.45, 7) is 4.30. The summed E-state index contributed by atoms with van der Waals surface area (Å²) in [4.78, 5) is 14.4. The third kappa shape index (κ3) is 4.71. The second-order valence-corrected chi connectivity index (χ2v) is 7.95. The van der Waals surface area contributed by atoms with Gasteiger partial charge in [0, 0.05) is 19.8 Å². The minimum Gasteiger partial charge on any atom is -0.486 e. The lowest BCUT2D eigenvalue weighted by molar-refractivity contribution is 0.104. The van der Waals surface area contributed by atoms with Gasteiger partial charge in [0.2, 0.25) is 0 Å². The van der Waals surface area contributed by atoms with Crippen LogP contribution in [0.25, 0.3) is 6.08 Å². The molecule has 0 amide bonds. The minimum absolute atomic E-state index is 0.00841. The predicted octanol–water partition coefficient (Wildman–Crippen LogP) is 6.20. The van der Waals surface area contributed by atoms with Crippen molar-refractivity contribution in [2.45, 2.75) is 20.5 Å². The van der Waals surface area contributed by atoms with Crippen LogP contribution in [-0.2, 0) is 6.61 Å². The van der Waals surface area contributed by atoms with Gasteiger partial charge in [-0.25, -0.2) is 0 Å². The fourth-order valence-electron chi connectivity index (χ4n) is 2.37. The molecule has 3 nitrogen and oxygen atoms in total. The average Bonchev–Trinajstić information content (AvgIpc) is 3.18. The van der Waals surface area contributed by atoms with Gasteiger partial charge in [-0.2, -0.15) is 0 Å². The first kappa shape index (κ1) is 17.7. The van der Waals surface area contributed by atoms with Gasteiger partial charge in [0.25, 0.3) is 0 Å². The van der Waals surface area contributed by atoms with Gasteiger partial charge in [-0.3, -0.25) is 4.79 Å². The number of allylic oxidation sites excluding steroid dienone is 1. The number of rotatable bonds is 6. The number of halogens is 1. The Morgan fingerprint density at radius 2 is 1.96 bits per heavy atom. The molecule has 3 aromatic rings. The fourth-order valence-corrected chi connectivity index (χ4v) is 3.56. The van der Waals surface area contributed by atoms with Gasteiger partial charge in [-0.1, -0.05) is 15.9 Å². The van der Waals surface area contributed by atoms with E-state index in [0.29, 0.717) is 18.1 Å². The molecule has 0 aliphatic carbocycles. The Morgan fingerprint density at radius 3 is 2.64 bits per heavy atom. The molecule has 128 valence electrons. The van der Waals surface area contributed by atoms with Crippen LogP contribution >= 0.6 is 27.3 Å². The maximum absolute atomic E-state index is 12.2. The molecule has 0 saturated heterocycles. The van der Waals surface area contributed by atoms with Crippen LogP contribution in [0.15, 0.2) is 57.4 Å². The molecule has 0 unspecified atom stereocenters. The van der Waals surface area contributed by atoms with E-state index in [-0.39, 0.29) is 5.78 Å². The maximum atomic E-state index is 12.2. The van der Waals surface area contributed by atoms with E-state index in [4.69, 9.17) is 9.15 Å². The van der Waals surface area contributed by atoms with E-state index in [1.54, 1.807) is 23.5 Å². The second-order valence-electron chi connectivity index (χ2n) is 5.57. The van der Waals surface area contributed by atoms with Crippen molar-refractivity contribution in [1.29, 1.82) is 0 Å². The number of hydrogen-bond acceptors (Lipinski definition) is 4. The van der Waals surface area contributed by atoms with E-state index < -0.39 is 0 Å². The Labute approximate surface area is 159 Å². The average molecular weight is 417 g/mol. The minimum atomic E-state index is -0.00841. The summed E-state index contributed by atoms with van der Waals surface area (Å²) in [5, 5.41) is 0. The zero-order valence-electron chi connectivity index (χ0n) is 13.9. The lowest BCUT2D eigenvalue weighted by atomic mass is 10.1. The van der Waals surface area contributed by atoms with Gasteiger partial charge in [0.05, 0.1) is 0 Å². The number of hydrogen-bond donors (Lipinski definition) is 0. The summed E-state index contributed by atoms with van der Waals surface area (Å²) in [5.74, 6) is 2.10. The molecule has 0 N–H and O–H groups in total. The Hall–Kier alpha value is -2.11. The highest BCUT2D eigenvalue weighted by atomic mass is 79.9. The Morgan fingerprint density at radius 1 is 1.20 bits per heavy atom. The van der Waals surface area contributed by atoms with Crippen molar-refractivity contribution >= 4 is 39.1 Å². The summed E-state index contributed by atoms with van der Waals surface area (Å²) < 4.78 is 12.4. The molecule has 5 heteroatoms. The van der Waals surface area contributed by atoms with E-state index in [1.807, 2.05) is 56.3 Å². The number of benzene rings is 1. The van der Waals surface area contributed by atoms with Gasteiger partial charge in [0.1, 0.15) is 23.9 Å². The highest BCUT2D eigenvalue weighted by Gasteiger charge is 2.09. The molecular weight excluding hydrogens is 400 g/mol. The quantitative estimate of drug-likeness (QED) is 0.354. The third-order valence-corrected chi connectivity index (χ3v) is 5.08. The summed E-state index contributed by atoms with van der Waals surface area (Å²) in [7, 11) is 0. The highest BCUT2D eigenvalue weighted by Crippen LogP contribution is 2.22. The van der Waals surface area contributed by atoms with E-state index in [2.05, 4.69) is 15.9 Å². The second kappa shape index (κ2) is 7.85. The summed E-state index contributed by atoms with van der Waals surface area (Å²) in [6, 6.07) is 13.2. The molecule has 2 heterocycles. The first-order valence-electron chi connectivity index (χ1n) is 7.78. The lowest BCUT2D eigenvalue weighted by Crippen LogP contribution is -1.93. The Kier molecular flexibility index (Phi) is 5.56. The molecule has 0 aliphatic rings. The van der Waals surface area contributed by atoms with E-state index in [1.165, 1.54) is 0 Å². The van der Waals surface area contributed by atoms with E-state index in [9.17, 15) is 4.79 Å². The maximum Gasteiger partial charge on any atom is 0.187 e. The highest BCUT2D eigenvalue weighted by molar-refractivity contribution is 9.10. The number of thiophene rings is 1. The van der Waals surface area contributed by atoms with Crippen LogP contribution < -0.4 is 4.74 Å². The van der Waals surface area contributed by atoms with Crippen molar-refractivity contribution < 1.29 is 13.9 Å². The topological polar surface area (TPSA) is 39.4 Å². The molecule has 0 bridgehead atoms. The van der Waals surface area contributed by atoms with Crippen LogP contribution in [0, 0.1) is 13.8 Å². The van der Waals surface area contributed by atoms with Crippen molar-refractivity contribution in [3.05, 3.63) is 79.9 Å². The molecule has 25 heavy (non-hydrogen) atoms. The number of ether oxygens (including phenoxy) is 1. The summed E-state index contributed by atoms with van der Waals surface area (Å²) >= 11 is 5.02. The number of ketones is 1. The summed E-state index contributed by atoms with van der Waals surface area (Å²) in [6.07, 6.45) is 3.24. The van der Waals surface area contributed by atoms with Gasteiger partial charge >= 0.3 is 0 Å². The third-order valence-electron chi connectivity index (χ3n) is 3.58. The zero-order valence-corrected chi connectivity index (χ0v) is 16.3. The normalized spacial score (nSPS) is 11.2.